The van der Waals surface area contributed by atoms with Crippen LogP contribution < -0.4 is 26.0 Å². The number of nitrogens with one attached hydrogen (secondary N) is 4. The van der Waals surface area contributed by atoms with Gasteiger partial charge in [-0.15, -0.1) is 0 Å². The van der Waals surface area contributed by atoms with Gasteiger partial charge in [0.15, 0.2) is 0 Å². The van der Waals surface area contributed by atoms with Crippen LogP contribution in [-0.4, -0.2) is 70.5 Å². The summed E-state index contributed by atoms with van der Waals surface area (Å²) in [6, 6.07) is 11.7. The molecule has 0 saturated carbocycles. The van der Waals surface area contributed by atoms with E-state index in [9.17, 15) is 22.8 Å². The molecule has 0 bridgehead atoms. The zero-order valence-corrected chi connectivity index (χ0v) is 30.6. The van der Waals surface area contributed by atoms with Gasteiger partial charge >= 0.3 is 6.18 Å². The number of amides is 2. The Bertz CT molecular complexity index is 1970. The summed E-state index contributed by atoms with van der Waals surface area (Å²) in [6.07, 6.45) is 0.760. The molecule has 4 N–H and O–H groups in total. The number of hydrogen-bond acceptors (Lipinski definition) is 9. The molecule has 3 aromatic heterocycles. The molecular formula is C37H39Cl2F3N8O3. The number of benzene rings is 1. The molecule has 0 aliphatic carbocycles. The average molecular weight is 772 g/mol. The van der Waals surface area contributed by atoms with Crippen LogP contribution in [0.1, 0.15) is 49.3 Å². The number of aromatic nitrogens is 3. The van der Waals surface area contributed by atoms with Crippen molar-refractivity contribution < 1.29 is 27.5 Å². The first-order chi connectivity index (χ1) is 25.4. The smallest absolute Gasteiger partial charge is 0.420 e. The van der Waals surface area contributed by atoms with E-state index in [2.05, 4.69) is 36.2 Å². The van der Waals surface area contributed by atoms with E-state index in [4.69, 9.17) is 27.9 Å². The number of piperidine rings is 1. The molecule has 2 amide bonds. The zero-order valence-electron chi connectivity index (χ0n) is 29.1. The number of hydrogen-bond donors (Lipinski definition) is 4. The molecule has 6 rings (SSSR count). The summed E-state index contributed by atoms with van der Waals surface area (Å²) in [5.74, 6) is 0.0455. The van der Waals surface area contributed by atoms with Crippen molar-refractivity contribution in [2.24, 2.45) is 0 Å². The Hall–Kier alpha value is -4.50. The quantitative estimate of drug-likeness (QED) is 0.124. The molecular weight excluding hydrogens is 732 g/mol. The molecule has 280 valence electrons. The minimum Gasteiger partial charge on any atom is -0.481 e. The molecule has 4 aromatic rings. The number of carbonyl (C=O) groups excluding carboxylic acids is 2. The Morgan fingerprint density at radius 2 is 1.75 bits per heavy atom. The third-order valence-electron chi connectivity index (χ3n) is 9.44. The highest BCUT2D eigenvalue weighted by Crippen LogP contribution is 2.43. The molecule has 0 radical (unpaired) electrons. The van der Waals surface area contributed by atoms with E-state index in [0.717, 1.165) is 12.0 Å². The number of methoxy groups -OCH3 is 1. The zero-order chi connectivity index (χ0) is 37.7. The predicted octanol–water partition coefficient (Wildman–Crippen LogP) is 6.75. The first kappa shape index (κ1) is 38.2. The van der Waals surface area contributed by atoms with Crippen LogP contribution in [0.5, 0.6) is 5.88 Å². The highest BCUT2D eigenvalue weighted by molar-refractivity contribution is 6.39. The Labute approximate surface area is 315 Å². The minimum absolute atomic E-state index is 0.0118. The lowest BCUT2D eigenvalue weighted by atomic mass is 10.0. The van der Waals surface area contributed by atoms with E-state index in [1.807, 2.05) is 12.1 Å². The molecule has 0 unspecified atom stereocenters. The van der Waals surface area contributed by atoms with Crippen LogP contribution in [0.15, 0.2) is 54.9 Å². The van der Waals surface area contributed by atoms with Crippen molar-refractivity contribution in [1.82, 2.24) is 35.8 Å². The molecule has 0 spiro atoms. The van der Waals surface area contributed by atoms with E-state index in [0.29, 0.717) is 73.8 Å². The number of rotatable bonds is 12. The summed E-state index contributed by atoms with van der Waals surface area (Å²) in [4.78, 5) is 38.1. The fourth-order valence-corrected chi connectivity index (χ4v) is 7.20. The second-order valence-corrected chi connectivity index (χ2v) is 13.7. The number of halogens is 5. The van der Waals surface area contributed by atoms with Gasteiger partial charge in [0, 0.05) is 87.2 Å². The number of anilines is 2. The van der Waals surface area contributed by atoms with E-state index < -0.39 is 17.6 Å². The highest BCUT2D eigenvalue weighted by Gasteiger charge is 2.37. The lowest BCUT2D eigenvalue weighted by Crippen LogP contribution is -2.44. The fraction of sp³-hybridized carbons (Fsp3) is 0.378. The van der Waals surface area contributed by atoms with Crippen LogP contribution in [0.3, 0.4) is 0 Å². The molecule has 5 heterocycles. The predicted molar refractivity (Wildman–Crippen MR) is 197 cm³/mol. The molecule has 2 aliphatic rings. The van der Waals surface area contributed by atoms with Crippen LogP contribution in [-0.2, 0) is 28.9 Å². The van der Waals surface area contributed by atoms with Crippen molar-refractivity contribution >= 4 is 46.5 Å². The molecule has 11 nitrogen and oxygen atoms in total. The van der Waals surface area contributed by atoms with Gasteiger partial charge in [-0.1, -0.05) is 41.4 Å². The average Bonchev–Trinajstić information content (AvgIpc) is 3.56. The van der Waals surface area contributed by atoms with Gasteiger partial charge in [-0.05, 0) is 49.1 Å². The summed E-state index contributed by atoms with van der Waals surface area (Å²) >= 11 is 13.8. The normalized spacial score (nSPS) is 16.5. The number of pyridine rings is 3. The second kappa shape index (κ2) is 16.7. The van der Waals surface area contributed by atoms with Crippen molar-refractivity contribution in [3.8, 4) is 28.4 Å². The number of likely N-dealkylation sites (tertiary alicyclic amines) is 1. The van der Waals surface area contributed by atoms with Gasteiger partial charge in [0.2, 0.25) is 17.7 Å². The largest absolute Gasteiger partial charge is 0.481 e. The van der Waals surface area contributed by atoms with Gasteiger partial charge in [-0.3, -0.25) is 14.6 Å². The van der Waals surface area contributed by atoms with Gasteiger partial charge in [0.05, 0.1) is 34.2 Å². The fourth-order valence-electron chi connectivity index (χ4n) is 6.62. The summed E-state index contributed by atoms with van der Waals surface area (Å²) in [5.41, 5.74) is 1.88. The van der Waals surface area contributed by atoms with Crippen LogP contribution in [0.25, 0.3) is 22.5 Å². The van der Waals surface area contributed by atoms with Crippen molar-refractivity contribution in [2.75, 3.05) is 32.1 Å². The van der Waals surface area contributed by atoms with Crippen LogP contribution in [0.4, 0.5) is 24.7 Å². The maximum absolute atomic E-state index is 14.6. The van der Waals surface area contributed by atoms with Crippen molar-refractivity contribution in [1.29, 1.82) is 0 Å². The number of ether oxygens (including phenoxy) is 1. The van der Waals surface area contributed by atoms with Crippen molar-refractivity contribution in [3.63, 3.8) is 0 Å². The lowest BCUT2D eigenvalue weighted by Gasteiger charge is -2.32. The molecule has 1 atom stereocenters. The Kier molecular flexibility index (Phi) is 12.0. The highest BCUT2D eigenvalue weighted by atomic mass is 35.5. The van der Waals surface area contributed by atoms with E-state index >= 15 is 0 Å². The van der Waals surface area contributed by atoms with Gasteiger partial charge in [-0.2, -0.15) is 13.2 Å². The van der Waals surface area contributed by atoms with E-state index in [1.165, 1.54) is 26.3 Å². The SMILES string of the molecule is COc1nc(-c2ccnc(-c3cccc(Nc4nccc(CNC5CCN(C(C)=O)CC5)c4C(F)(F)F)c3Cl)c2Cl)ccc1CNC[C@H]1CCC(=O)N1. The van der Waals surface area contributed by atoms with Crippen LogP contribution >= 0.6 is 23.2 Å². The maximum Gasteiger partial charge on any atom is 0.420 e. The molecule has 53 heavy (non-hydrogen) atoms. The Morgan fingerprint density at radius 1 is 0.981 bits per heavy atom. The van der Waals surface area contributed by atoms with Crippen LogP contribution in [0, 0.1) is 0 Å². The summed E-state index contributed by atoms with van der Waals surface area (Å²) < 4.78 is 49.4. The van der Waals surface area contributed by atoms with Crippen molar-refractivity contribution in [3.05, 3.63) is 81.6 Å². The van der Waals surface area contributed by atoms with Crippen molar-refractivity contribution in [2.45, 2.75) is 64.0 Å². The maximum atomic E-state index is 14.6. The molecule has 1 aromatic carbocycles. The van der Waals surface area contributed by atoms with Gasteiger partial charge in [0.1, 0.15) is 11.4 Å². The summed E-state index contributed by atoms with van der Waals surface area (Å²) in [6.45, 7) is 3.67. The third-order valence-corrected chi connectivity index (χ3v) is 10.2. The monoisotopic (exact) mass is 770 g/mol. The second-order valence-electron chi connectivity index (χ2n) is 13.0. The van der Waals surface area contributed by atoms with Gasteiger partial charge < -0.3 is 30.9 Å². The lowest BCUT2D eigenvalue weighted by molar-refractivity contribution is -0.138. The molecule has 2 saturated heterocycles. The van der Waals surface area contributed by atoms with E-state index in [-0.39, 0.29) is 51.7 Å². The number of nitrogens with zero attached hydrogens (tertiary/aromatic N) is 4. The molecule has 2 aliphatic heterocycles. The van der Waals surface area contributed by atoms with Crippen LogP contribution in [0.2, 0.25) is 10.0 Å². The number of alkyl halides is 3. The Balaban J connectivity index is 1.21. The standard InChI is InChI=1S/C37H39Cl2F3N8O3/c1-21(51)50-16-12-24(13-17-50)46-19-22-10-14-45-35(31(22)37(40,41)42)48-29-5-3-4-27(32(29)38)34-33(39)26(11-15-44-34)28-8-6-23(36(49-28)53-2)18-43-20-25-7-9-30(52)47-25/h3-6,8,10-11,14-15,24-25,43,46H,7,9,12-13,16-20H2,1-2H3,(H,45,48)(H,47,52)/t25-/m1/s1. The molecule has 2 fully saturated rings. The number of carbonyl (C=O) groups is 2. The third kappa shape index (κ3) is 9.01. The summed E-state index contributed by atoms with van der Waals surface area (Å²) in [7, 11) is 1.52. The molecule has 16 heteroatoms. The Morgan fingerprint density at radius 3 is 2.45 bits per heavy atom. The summed E-state index contributed by atoms with van der Waals surface area (Å²) in [5, 5.41) is 12.6. The van der Waals surface area contributed by atoms with Gasteiger partial charge in [0.25, 0.3) is 0 Å². The first-order valence-corrected chi connectivity index (χ1v) is 18.0. The topological polar surface area (TPSA) is 133 Å². The minimum atomic E-state index is -4.72. The van der Waals surface area contributed by atoms with Gasteiger partial charge in [-0.25, -0.2) is 9.97 Å². The first-order valence-electron chi connectivity index (χ1n) is 17.2. The van der Waals surface area contributed by atoms with E-state index in [1.54, 1.807) is 35.4 Å².